The average Bonchev–Trinajstić information content (AvgIpc) is 2.08. The first-order valence-corrected chi connectivity index (χ1v) is 44.8. The lowest BCUT2D eigenvalue weighted by molar-refractivity contribution is 0.471. The Morgan fingerprint density at radius 1 is 0.400 bits per heavy atom. The normalized spacial score (nSPS) is 9.43. The highest BCUT2D eigenvalue weighted by molar-refractivity contribution is 7.10. The van der Waals surface area contributed by atoms with E-state index in [1.54, 1.807) is 77.7 Å². The summed E-state index contributed by atoms with van der Waals surface area (Å²) in [5.74, 6) is 7.86. The number of allylic oxidation sites excluding steroid dienone is 1. The van der Waals surface area contributed by atoms with Crippen molar-refractivity contribution in [1.82, 2.24) is 64.6 Å². The van der Waals surface area contributed by atoms with Crippen LogP contribution in [0, 0.1) is 5.92 Å². The van der Waals surface area contributed by atoms with Gasteiger partial charge < -0.3 is 18.2 Å². The smallest absolute Gasteiger partial charge is 0.196 e. The number of thiazole rings is 3. The molecule has 0 radical (unpaired) electrons. The maximum atomic E-state index is 4.98. The molecule has 0 fully saturated rings. The lowest BCUT2D eigenvalue weighted by atomic mass is 10.1. The molecule has 0 aliphatic carbocycles. The van der Waals surface area contributed by atoms with Crippen LogP contribution in [0.15, 0.2) is 150 Å². The molecule has 0 saturated heterocycles. The van der Waals surface area contributed by atoms with Gasteiger partial charge >= 0.3 is 0 Å². The Bertz CT molecular complexity index is 2390. The van der Waals surface area contributed by atoms with Crippen molar-refractivity contribution in [2.75, 3.05) is 6.54 Å². The highest BCUT2D eigenvalue weighted by Gasteiger charge is 2.05. The zero-order valence-corrected chi connectivity index (χ0v) is 81.8. The minimum absolute atomic E-state index is 0.407. The lowest BCUT2D eigenvalue weighted by Gasteiger charge is -1.98. The number of hydrogen-bond donors (Lipinski definition) is 3. The summed E-state index contributed by atoms with van der Waals surface area (Å²) in [5.41, 5.74) is 12.1. The Balaban J connectivity index is -0.000000106. The van der Waals surface area contributed by atoms with Crippen molar-refractivity contribution in [1.29, 1.82) is 0 Å². The average molecular weight is 1610 g/mol. The largest absolute Gasteiger partial charge is 0.451 e. The first-order chi connectivity index (χ1) is 52.8. The summed E-state index contributed by atoms with van der Waals surface area (Å²) < 4.78 is 18.9. The van der Waals surface area contributed by atoms with Gasteiger partial charge in [-0.2, -0.15) is 14.6 Å². The zero-order valence-electron chi connectivity index (χ0n) is 78.5. The second-order valence-electron chi connectivity index (χ2n) is 23.2. The molecule has 1 aliphatic rings. The minimum Gasteiger partial charge on any atom is -0.451 e. The van der Waals surface area contributed by atoms with Crippen molar-refractivity contribution >= 4 is 51.8 Å². The fraction of sp³-hybridized carbons (Fsp3) is 0.629. The van der Waals surface area contributed by atoms with Crippen LogP contribution in [0.4, 0.5) is 0 Å². The molecule has 11 rings (SSSR count). The van der Waals surface area contributed by atoms with E-state index in [1.807, 2.05) is 225 Å². The van der Waals surface area contributed by atoms with Crippen molar-refractivity contribution in [2.24, 2.45) is 10.9 Å². The predicted octanol–water partition coefficient (Wildman–Crippen LogP) is 32.0. The van der Waals surface area contributed by atoms with Gasteiger partial charge in [0, 0.05) is 93.1 Å². The van der Waals surface area contributed by atoms with Crippen LogP contribution in [0.2, 0.25) is 0 Å². The summed E-state index contributed by atoms with van der Waals surface area (Å²) in [6, 6.07) is 6.05. The van der Waals surface area contributed by atoms with Crippen molar-refractivity contribution < 1.29 is 13.3 Å². The van der Waals surface area contributed by atoms with Gasteiger partial charge in [0.15, 0.2) is 18.7 Å². The number of aromatic amines is 3. The van der Waals surface area contributed by atoms with Crippen LogP contribution in [-0.2, 0) is 0 Å². The van der Waals surface area contributed by atoms with Crippen molar-refractivity contribution in [2.45, 2.75) is 364 Å². The Labute approximate surface area is 694 Å². The molecule has 0 bridgehead atoms. The van der Waals surface area contributed by atoms with Crippen LogP contribution in [0.3, 0.4) is 0 Å². The van der Waals surface area contributed by atoms with Crippen LogP contribution in [0.25, 0.3) is 0 Å². The molecule has 10 aromatic heterocycles. The van der Waals surface area contributed by atoms with E-state index in [2.05, 4.69) is 226 Å². The third-order valence-electron chi connectivity index (χ3n) is 11.8. The van der Waals surface area contributed by atoms with Crippen molar-refractivity contribution in [3.8, 4) is 0 Å². The van der Waals surface area contributed by atoms with Crippen molar-refractivity contribution in [3.05, 3.63) is 188 Å². The third kappa shape index (κ3) is 77.9. The maximum Gasteiger partial charge on any atom is 0.196 e. The number of rotatable bonds is 11. The number of H-pyrrole nitrogens is 3. The summed E-state index contributed by atoms with van der Waals surface area (Å²) in [7, 11) is 0. The van der Waals surface area contributed by atoms with E-state index in [4.69, 9.17) is 13.3 Å². The lowest BCUT2D eigenvalue weighted by Crippen LogP contribution is -1.90. The fourth-order valence-electron chi connectivity index (χ4n) is 6.11. The van der Waals surface area contributed by atoms with E-state index >= 15 is 0 Å². The number of nitrogens with zero attached hydrogens (tertiary/aromatic N) is 11. The van der Waals surface area contributed by atoms with Crippen LogP contribution in [-0.4, -0.2) is 77.4 Å². The molecule has 3 N–H and O–H groups in total. The monoisotopic (exact) mass is 1610 g/mol. The second-order valence-corrected chi connectivity index (χ2v) is 26.5. The minimum atomic E-state index is 0.407. The number of aliphatic imine (C=N–C) groups is 1. The highest BCUT2D eigenvalue weighted by Crippen LogP contribution is 2.19. The van der Waals surface area contributed by atoms with Gasteiger partial charge in [-0.3, -0.25) is 20.2 Å². The fourth-order valence-corrected chi connectivity index (χ4v) is 8.77. The van der Waals surface area contributed by atoms with E-state index in [1.165, 1.54) is 68.2 Å². The highest BCUT2D eigenvalue weighted by atomic mass is 32.1. The molecule has 110 heavy (non-hydrogen) atoms. The topological polar surface area (TPSA) is 228 Å². The van der Waals surface area contributed by atoms with Crippen LogP contribution in [0.1, 0.15) is 420 Å². The van der Waals surface area contributed by atoms with E-state index in [0.717, 1.165) is 23.9 Å². The summed E-state index contributed by atoms with van der Waals surface area (Å²) in [4.78, 5) is 36.3. The zero-order chi connectivity index (χ0) is 87.8. The molecule has 21 heteroatoms. The molecule has 0 unspecified atom stereocenters. The molecule has 0 aromatic carbocycles. The molecule has 17 nitrogen and oxygen atoms in total. The molecule has 1 aliphatic heterocycles. The van der Waals surface area contributed by atoms with Gasteiger partial charge in [-0.15, -0.1) is 34.0 Å². The molecule has 0 atom stereocenters. The van der Waals surface area contributed by atoms with Gasteiger partial charge in [0.25, 0.3) is 0 Å². The Hall–Kier alpha value is -6.81. The van der Waals surface area contributed by atoms with E-state index in [0.29, 0.717) is 65.1 Å². The van der Waals surface area contributed by atoms with Gasteiger partial charge in [0.1, 0.15) is 18.3 Å². The van der Waals surface area contributed by atoms with Gasteiger partial charge in [0.2, 0.25) is 0 Å². The number of imidazole rings is 1. The SMILES string of the molecule is CC.CC.CC.CC.CC.CC.CC.CC.CC.CC.CC.CC(C)C1=CCN=C1.CC(C)c1ccn[nH]1.CC(C)c1ccn[nH]1.CC(C)c1ccsn1.CC(C)c1cnc[nH]1.CC(C)c1cnco1.CC(C)c1cncs1.CC(C)c1cocn1.CC(C)c1cscn1.CC(C)c1ncco1.CC(C)c1nccs1. The van der Waals surface area contributed by atoms with Gasteiger partial charge in [0.05, 0.1) is 58.4 Å². The number of hydrogen-bond acceptors (Lipinski definition) is 18. The molecule has 11 heterocycles. The molecule has 638 valence electrons. The van der Waals surface area contributed by atoms with Gasteiger partial charge in [-0.05, 0) is 82.6 Å². The molecule has 0 saturated carbocycles. The summed E-state index contributed by atoms with van der Waals surface area (Å²) >= 11 is 6.61. The van der Waals surface area contributed by atoms with Crippen LogP contribution >= 0.6 is 45.5 Å². The molecular formula is C89H170N14O3S4. The second kappa shape index (κ2) is 98.3. The van der Waals surface area contributed by atoms with E-state index < -0.39 is 0 Å². The van der Waals surface area contributed by atoms with E-state index in [-0.39, 0.29) is 0 Å². The molecular weight excluding hydrogens is 1440 g/mol. The maximum absolute atomic E-state index is 4.98. The summed E-state index contributed by atoms with van der Waals surface area (Å²) in [6.45, 7) is 91.7. The quantitative estimate of drug-likeness (QED) is 0.110. The van der Waals surface area contributed by atoms with Gasteiger partial charge in [-0.1, -0.05) is 311 Å². The first kappa shape index (κ1) is 127. The Kier molecular flexibility index (Phi) is 113. The molecule has 0 amide bonds. The molecule has 10 aromatic rings. The van der Waals surface area contributed by atoms with Crippen LogP contribution in [0.5, 0.6) is 0 Å². The van der Waals surface area contributed by atoms with Gasteiger partial charge in [-0.25, -0.2) is 29.9 Å². The Morgan fingerprint density at radius 2 is 0.918 bits per heavy atom. The summed E-state index contributed by atoms with van der Waals surface area (Å²) in [5, 5.41) is 20.7. The van der Waals surface area contributed by atoms with Crippen molar-refractivity contribution in [3.63, 3.8) is 0 Å². The van der Waals surface area contributed by atoms with Crippen LogP contribution < -0.4 is 0 Å². The Morgan fingerprint density at radius 3 is 1.10 bits per heavy atom. The third-order valence-corrected chi connectivity index (χ3v) is 15.2. The first-order valence-electron chi connectivity index (χ1n) is 41.2. The molecule has 0 spiro atoms. The standard InChI is InChI=1S/C7H11N.3C6H10N2.3C6H9NO.4C6H9NS.11C2H6/c1-6(2)7-3-4-8-5-7;1-5(2)6-3-7-4-8-6;2*1-5(2)6-3-4-7-8-6;1-5(2)6-3-8-4-7-6;1-5(2)6-3-7-4-8-6;1-5(2)6-7-3-4-8-6;1-5(2)6-3-8-4-7-6;1-5(2)6-3-7-4-8-6;1-5(2)6-7-3-4-8-6;1-5(2)6-3-4-8-7-6;11*1-2/h3,5-6H,4H2,1-2H3;3*3-5H,1-2H3,(H,7,8);7*3-5H,1-2H3;11*1-2H3. The number of aromatic nitrogens is 13. The number of nitrogens with one attached hydrogen (secondary N) is 3. The predicted molar refractivity (Wildman–Crippen MR) is 496 cm³/mol. The number of oxazole rings is 3. The van der Waals surface area contributed by atoms with E-state index in [9.17, 15) is 0 Å². The summed E-state index contributed by atoms with van der Waals surface area (Å²) in [6.07, 6.45) is 24.6.